The number of alkyl halides is 1. The van der Waals surface area contributed by atoms with Crippen LogP contribution in [0.5, 0.6) is 0 Å². The zero-order valence-electron chi connectivity index (χ0n) is 16.2. The van der Waals surface area contributed by atoms with Crippen molar-refractivity contribution >= 4 is 16.3 Å². The van der Waals surface area contributed by atoms with Crippen LogP contribution in [0.1, 0.15) is 51.4 Å². The molecule has 2 aromatic rings. The number of hydrogen-bond acceptors (Lipinski definition) is 0. The lowest BCUT2D eigenvalue weighted by Crippen LogP contribution is -2.60. The van der Waals surface area contributed by atoms with Crippen LogP contribution in [0.25, 0.3) is 16.3 Å². The third-order valence-corrected chi connectivity index (χ3v) is 6.96. The van der Waals surface area contributed by atoms with Gasteiger partial charge in [0.2, 0.25) is 5.69 Å². The van der Waals surface area contributed by atoms with Crippen LogP contribution in [0.4, 0.5) is 8.78 Å². The Labute approximate surface area is 158 Å². The summed E-state index contributed by atoms with van der Waals surface area (Å²) in [7, 11) is 0. The van der Waals surface area contributed by atoms with Crippen LogP contribution in [0, 0.1) is 5.92 Å². The first-order valence-corrected chi connectivity index (χ1v) is 9.73. The van der Waals surface area contributed by atoms with Crippen LogP contribution in [0.2, 0.25) is 0 Å². The second-order valence-corrected chi connectivity index (χ2v) is 8.60. The highest BCUT2D eigenvalue weighted by molar-refractivity contribution is 6.00. The largest absolute Gasteiger partial charge is 0.231 e. The van der Waals surface area contributed by atoms with Crippen molar-refractivity contribution in [2.45, 2.75) is 51.2 Å². The van der Waals surface area contributed by atoms with E-state index in [0.717, 1.165) is 27.6 Å². The zero-order chi connectivity index (χ0) is 19.1. The summed E-state index contributed by atoms with van der Waals surface area (Å²) in [6, 6.07) is 7.94. The van der Waals surface area contributed by atoms with Gasteiger partial charge in [0.25, 0.3) is 0 Å². The minimum atomic E-state index is -1.54. The topological polar surface area (TPSA) is 3.88 Å². The van der Waals surface area contributed by atoms with Gasteiger partial charge in [-0.3, -0.25) is 0 Å². The zero-order valence-corrected chi connectivity index (χ0v) is 16.2. The van der Waals surface area contributed by atoms with E-state index in [1.165, 1.54) is 0 Å². The predicted molar refractivity (Wildman–Crippen MR) is 105 cm³/mol. The maximum atomic E-state index is 16.5. The van der Waals surface area contributed by atoms with Crippen LogP contribution in [-0.2, 0) is 5.41 Å². The second-order valence-electron chi connectivity index (χ2n) is 8.60. The molecular weight excluding hydrogens is 340 g/mol. The van der Waals surface area contributed by atoms with Gasteiger partial charge in [0.1, 0.15) is 5.83 Å². The molecule has 138 valence electrons. The van der Waals surface area contributed by atoms with E-state index >= 15 is 8.78 Å². The van der Waals surface area contributed by atoms with Gasteiger partial charge in [-0.25, -0.2) is 8.78 Å². The smallest absolute Gasteiger partial charge is 0.217 e. The molecule has 3 heteroatoms. The highest BCUT2D eigenvalue weighted by atomic mass is 19.1. The lowest BCUT2D eigenvalue weighted by atomic mass is 9.60. The van der Waals surface area contributed by atoms with E-state index < -0.39 is 11.1 Å². The summed E-state index contributed by atoms with van der Waals surface area (Å²) in [6.07, 6.45) is 7.43. The Hall–Kier alpha value is -2.29. The maximum absolute atomic E-state index is 16.5. The number of allylic oxidation sites excluding steroid dienone is 6. The fourth-order valence-corrected chi connectivity index (χ4v) is 5.67. The molecule has 0 radical (unpaired) electrons. The number of rotatable bonds is 1. The van der Waals surface area contributed by atoms with Gasteiger partial charge in [-0.05, 0) is 36.4 Å². The average molecular weight is 364 g/mol. The van der Waals surface area contributed by atoms with Gasteiger partial charge in [0.05, 0.1) is 5.39 Å². The van der Waals surface area contributed by atoms with Gasteiger partial charge < -0.3 is 0 Å². The first-order chi connectivity index (χ1) is 12.8. The van der Waals surface area contributed by atoms with E-state index in [1.807, 2.05) is 30.7 Å². The normalized spacial score (nSPS) is 30.8. The number of hydrogen-bond donors (Lipinski definition) is 0. The minimum absolute atomic E-state index is 0.193. The molecule has 0 bridgehead atoms. The summed E-state index contributed by atoms with van der Waals surface area (Å²) in [5, 5.41) is 2.29. The molecule has 1 aromatic heterocycles. The van der Waals surface area contributed by atoms with Crippen LogP contribution >= 0.6 is 0 Å². The maximum Gasteiger partial charge on any atom is 0.217 e. The monoisotopic (exact) mass is 364 g/mol. The molecule has 0 saturated carbocycles. The molecular formula is C24H24F2N+. The van der Waals surface area contributed by atoms with Crippen molar-refractivity contribution in [1.82, 2.24) is 0 Å². The van der Waals surface area contributed by atoms with Gasteiger partial charge in [-0.15, -0.1) is 0 Å². The first kappa shape index (κ1) is 16.9. The molecule has 3 atom stereocenters. The molecule has 0 fully saturated rings. The molecule has 2 aliphatic carbocycles. The number of pyridine rings is 1. The van der Waals surface area contributed by atoms with Crippen molar-refractivity contribution in [1.29, 1.82) is 0 Å². The van der Waals surface area contributed by atoms with Gasteiger partial charge in [0.15, 0.2) is 17.9 Å². The lowest BCUT2D eigenvalue weighted by molar-refractivity contribution is -0.736. The number of nitrogens with zero attached hydrogens (tertiary/aromatic N) is 1. The molecule has 27 heavy (non-hydrogen) atoms. The molecule has 2 heterocycles. The Morgan fingerprint density at radius 3 is 2.74 bits per heavy atom. The molecule has 0 N–H and O–H groups in total. The number of benzene rings is 1. The van der Waals surface area contributed by atoms with Crippen molar-refractivity contribution in [2.24, 2.45) is 5.92 Å². The highest BCUT2D eigenvalue weighted by Crippen LogP contribution is 2.58. The van der Waals surface area contributed by atoms with Crippen LogP contribution in [0.3, 0.4) is 0 Å². The van der Waals surface area contributed by atoms with Gasteiger partial charge in [0, 0.05) is 35.5 Å². The van der Waals surface area contributed by atoms with Gasteiger partial charge in [-0.1, -0.05) is 38.1 Å². The Morgan fingerprint density at radius 1 is 1.22 bits per heavy atom. The van der Waals surface area contributed by atoms with Crippen molar-refractivity contribution in [2.75, 3.05) is 0 Å². The SMILES string of the molecule is CC=CC1(F)C2CC=C(F)C3=C2c2c4c(cccc4cc[n+]2C1C)C3(C)C. The molecule has 3 aliphatic rings. The third kappa shape index (κ3) is 1.85. The Kier molecular flexibility index (Phi) is 3.22. The van der Waals surface area contributed by atoms with Crippen molar-refractivity contribution in [3.8, 4) is 0 Å². The molecule has 3 unspecified atom stereocenters. The predicted octanol–water partition coefficient (Wildman–Crippen LogP) is 5.90. The van der Waals surface area contributed by atoms with Crippen LogP contribution in [0.15, 0.2) is 60.1 Å². The fraction of sp³-hybridized carbons (Fsp3) is 0.375. The van der Waals surface area contributed by atoms with E-state index in [9.17, 15) is 0 Å². The third-order valence-electron chi connectivity index (χ3n) is 6.96. The first-order valence-electron chi connectivity index (χ1n) is 9.73. The molecule has 1 aliphatic heterocycles. The van der Waals surface area contributed by atoms with Crippen molar-refractivity contribution in [3.63, 3.8) is 0 Å². The summed E-state index contributed by atoms with van der Waals surface area (Å²) in [4.78, 5) is 0. The summed E-state index contributed by atoms with van der Waals surface area (Å²) in [6.45, 7) is 7.92. The summed E-state index contributed by atoms with van der Waals surface area (Å²) >= 11 is 0. The Balaban J connectivity index is 2.02. The van der Waals surface area contributed by atoms with E-state index in [4.69, 9.17) is 0 Å². The van der Waals surface area contributed by atoms with Crippen LogP contribution < -0.4 is 4.57 Å². The Morgan fingerprint density at radius 2 is 2.00 bits per heavy atom. The van der Waals surface area contributed by atoms with E-state index in [2.05, 4.69) is 32.0 Å². The molecule has 0 saturated heterocycles. The second kappa shape index (κ2) is 5.15. The summed E-state index contributed by atoms with van der Waals surface area (Å²) in [5.74, 6) is -0.557. The quantitative estimate of drug-likeness (QED) is 0.438. The van der Waals surface area contributed by atoms with Gasteiger partial charge in [-0.2, -0.15) is 4.57 Å². The van der Waals surface area contributed by atoms with Crippen molar-refractivity contribution < 1.29 is 13.3 Å². The highest BCUT2D eigenvalue weighted by Gasteiger charge is 2.59. The summed E-state index contributed by atoms with van der Waals surface area (Å²) in [5.41, 5.74) is 1.62. The fourth-order valence-electron chi connectivity index (χ4n) is 5.67. The standard InChI is InChI=1S/C24H24F2N/c1-5-12-24(26)14(2)27-13-11-15-7-6-8-16-19(15)22(27)20-17(24)9-10-18(25)21(20)23(16,3)4/h5-8,10-14,17H,9H2,1-4H3/q+1. The molecule has 1 aromatic carbocycles. The number of halogens is 2. The number of aromatic nitrogens is 1. The lowest BCUT2D eigenvalue weighted by Gasteiger charge is -2.46. The van der Waals surface area contributed by atoms with Crippen molar-refractivity contribution in [3.05, 3.63) is 71.3 Å². The Bertz CT molecular complexity index is 1090. The molecule has 0 amide bonds. The van der Waals surface area contributed by atoms with E-state index in [-0.39, 0.29) is 17.8 Å². The average Bonchev–Trinajstić information content (AvgIpc) is 2.64. The molecule has 1 nitrogen and oxygen atoms in total. The van der Waals surface area contributed by atoms with Crippen LogP contribution in [-0.4, -0.2) is 5.67 Å². The summed E-state index contributed by atoms with van der Waals surface area (Å²) < 4.78 is 33.7. The molecule has 5 rings (SSSR count). The molecule has 0 spiro atoms. The van der Waals surface area contributed by atoms with E-state index in [0.29, 0.717) is 12.0 Å². The van der Waals surface area contributed by atoms with E-state index in [1.54, 1.807) is 18.2 Å². The minimum Gasteiger partial charge on any atom is -0.231 e. The van der Waals surface area contributed by atoms with Gasteiger partial charge >= 0.3 is 0 Å².